The smallest absolute Gasteiger partial charge is 0.406 e. The number of hydrogen-bond donors (Lipinski definition) is 3. The van der Waals surface area contributed by atoms with Crippen molar-refractivity contribution in [2.24, 2.45) is 16.9 Å². The summed E-state index contributed by atoms with van der Waals surface area (Å²) in [5.74, 6) is 1.19. The molecular weight excluding hydrogens is 521 g/mol. The number of carbonyl (C=O) groups excluding carboxylic acids is 1. The topological polar surface area (TPSA) is 81.2 Å². The molecule has 2 aromatic rings. The maximum atomic E-state index is 12.6. The normalized spacial score (nSPS) is 21.9. The first-order valence-electron chi connectivity index (χ1n) is 14.1. The predicted molar refractivity (Wildman–Crippen MR) is 145 cm³/mol. The molecule has 2 aromatic carbocycles. The highest BCUT2D eigenvalue weighted by molar-refractivity contribution is 5.94. The molecule has 2 fully saturated rings. The standard InChI is InChI=1S/C29H37F3N6O2/c30-29(31,32)40-27-16-8-22(9-17-27)19-37(26-14-12-24(13-15-26)23-4-2-1-3-5-23)18-21-6-10-25(11-7-21)28(39)34-38-20-33-35-36-38/h6-11,16-17,20,23-24,26,35-36H,1-5,12-15,18-19H2,(H,34,39). The minimum Gasteiger partial charge on any atom is -0.406 e. The summed E-state index contributed by atoms with van der Waals surface area (Å²) >= 11 is 0. The number of halogens is 3. The van der Waals surface area contributed by atoms with Crippen LogP contribution in [-0.2, 0) is 13.1 Å². The lowest BCUT2D eigenvalue weighted by Crippen LogP contribution is -2.49. The molecular formula is C29H37F3N6O2. The van der Waals surface area contributed by atoms with Crippen LogP contribution < -0.4 is 21.2 Å². The van der Waals surface area contributed by atoms with E-state index in [4.69, 9.17) is 0 Å². The van der Waals surface area contributed by atoms with Gasteiger partial charge in [0, 0.05) is 24.7 Å². The maximum absolute atomic E-state index is 12.6. The second-order valence-corrected chi connectivity index (χ2v) is 11.0. The van der Waals surface area contributed by atoms with E-state index in [1.807, 2.05) is 12.1 Å². The van der Waals surface area contributed by atoms with Gasteiger partial charge < -0.3 is 4.74 Å². The van der Waals surface area contributed by atoms with Gasteiger partial charge in [-0.15, -0.1) is 23.8 Å². The van der Waals surface area contributed by atoms with E-state index in [0.29, 0.717) is 24.7 Å². The van der Waals surface area contributed by atoms with Crippen molar-refractivity contribution in [2.45, 2.75) is 83.3 Å². The molecule has 5 rings (SSSR count). The molecule has 0 aromatic heterocycles. The lowest BCUT2D eigenvalue weighted by Gasteiger charge is -2.40. The number of rotatable bonds is 9. The van der Waals surface area contributed by atoms with Gasteiger partial charge in [0.2, 0.25) is 0 Å². The zero-order chi connectivity index (χ0) is 28.0. The number of hydrazone groups is 1. The fourth-order valence-electron chi connectivity index (χ4n) is 6.31. The van der Waals surface area contributed by atoms with Gasteiger partial charge in [0.05, 0.1) is 0 Å². The molecule has 3 aliphatic rings. The van der Waals surface area contributed by atoms with Gasteiger partial charge >= 0.3 is 6.36 Å². The van der Waals surface area contributed by atoms with E-state index < -0.39 is 6.36 Å². The van der Waals surface area contributed by atoms with Gasteiger partial charge in [-0.2, -0.15) is 5.12 Å². The van der Waals surface area contributed by atoms with E-state index in [-0.39, 0.29) is 11.7 Å². The number of nitrogens with one attached hydrogen (secondary N) is 3. The molecule has 0 unspecified atom stereocenters. The van der Waals surface area contributed by atoms with Gasteiger partial charge in [0.1, 0.15) is 5.75 Å². The number of amides is 1. The Morgan fingerprint density at radius 2 is 1.50 bits per heavy atom. The number of nitrogens with zero attached hydrogens (tertiary/aromatic N) is 3. The summed E-state index contributed by atoms with van der Waals surface area (Å²) in [5, 5.41) is 5.08. The van der Waals surface area contributed by atoms with Crippen LogP contribution >= 0.6 is 0 Å². The van der Waals surface area contributed by atoms with Gasteiger partial charge in [0.25, 0.3) is 5.91 Å². The summed E-state index contributed by atoms with van der Waals surface area (Å²) in [7, 11) is 0. The summed E-state index contributed by atoms with van der Waals surface area (Å²) in [6.45, 7) is 1.31. The second kappa shape index (κ2) is 12.9. The molecule has 0 saturated heterocycles. The van der Waals surface area contributed by atoms with Crippen LogP contribution in [0, 0.1) is 11.8 Å². The highest BCUT2D eigenvalue weighted by atomic mass is 19.4. The first kappa shape index (κ1) is 28.2. The predicted octanol–water partition coefficient (Wildman–Crippen LogP) is 5.64. The first-order chi connectivity index (χ1) is 19.3. The van der Waals surface area contributed by atoms with Crippen molar-refractivity contribution in [1.29, 1.82) is 0 Å². The molecule has 11 heteroatoms. The number of carbonyl (C=O) groups is 1. The zero-order valence-electron chi connectivity index (χ0n) is 22.5. The van der Waals surface area contributed by atoms with E-state index in [9.17, 15) is 18.0 Å². The summed E-state index contributed by atoms with van der Waals surface area (Å²) < 4.78 is 41.9. The summed E-state index contributed by atoms with van der Waals surface area (Å²) in [6.07, 6.45) is 8.22. The Hall–Kier alpha value is -3.31. The average Bonchev–Trinajstić information content (AvgIpc) is 3.47. The van der Waals surface area contributed by atoms with E-state index >= 15 is 0 Å². The molecule has 3 N–H and O–H groups in total. The Kier molecular flexibility index (Phi) is 9.11. The third-order valence-electron chi connectivity index (χ3n) is 8.35. The van der Waals surface area contributed by atoms with Gasteiger partial charge in [0.15, 0.2) is 6.34 Å². The van der Waals surface area contributed by atoms with Crippen LogP contribution in [0.25, 0.3) is 0 Å². The van der Waals surface area contributed by atoms with E-state index in [1.54, 1.807) is 24.3 Å². The summed E-state index contributed by atoms with van der Waals surface area (Å²) in [6, 6.07) is 14.1. The van der Waals surface area contributed by atoms with Crippen LogP contribution in [0.3, 0.4) is 0 Å². The quantitative estimate of drug-likeness (QED) is 0.370. The largest absolute Gasteiger partial charge is 0.573 e. The lowest BCUT2D eigenvalue weighted by atomic mass is 9.72. The molecule has 1 aliphatic heterocycles. The van der Waals surface area contributed by atoms with Crippen LogP contribution in [0.5, 0.6) is 5.75 Å². The SMILES string of the molecule is O=C(NN1C=NNN1)c1ccc(CN(Cc2ccc(OC(F)(F)F)cc2)C2CCC(C3CCCCC3)CC2)cc1. The Morgan fingerprint density at radius 3 is 2.08 bits per heavy atom. The van der Waals surface area contributed by atoms with Gasteiger partial charge in [-0.05, 0) is 72.9 Å². The fraction of sp³-hybridized carbons (Fsp3) is 0.517. The highest BCUT2D eigenvalue weighted by Crippen LogP contribution is 2.40. The molecule has 0 spiro atoms. The van der Waals surface area contributed by atoms with Crippen molar-refractivity contribution < 1.29 is 22.7 Å². The monoisotopic (exact) mass is 558 g/mol. The van der Waals surface area contributed by atoms with Crippen LogP contribution in [-0.4, -0.2) is 34.7 Å². The molecule has 0 bridgehead atoms. The van der Waals surface area contributed by atoms with E-state index in [0.717, 1.165) is 35.8 Å². The summed E-state index contributed by atoms with van der Waals surface area (Å²) in [4.78, 5) is 15.0. The number of hydrazine groups is 3. The van der Waals surface area contributed by atoms with Crippen LogP contribution in [0.1, 0.15) is 79.3 Å². The molecule has 40 heavy (non-hydrogen) atoms. The molecule has 2 aliphatic carbocycles. The van der Waals surface area contributed by atoms with Crippen LogP contribution in [0.15, 0.2) is 53.6 Å². The molecule has 1 amide bonds. The number of ether oxygens (including phenoxy) is 1. The minimum absolute atomic E-state index is 0.212. The van der Waals surface area contributed by atoms with Crippen molar-refractivity contribution in [1.82, 2.24) is 26.5 Å². The molecule has 2 saturated carbocycles. The number of alkyl halides is 3. The lowest BCUT2D eigenvalue weighted by molar-refractivity contribution is -0.274. The Morgan fingerprint density at radius 1 is 0.900 bits per heavy atom. The molecule has 0 atom stereocenters. The Bertz CT molecular complexity index is 1130. The van der Waals surface area contributed by atoms with E-state index in [2.05, 4.69) is 31.2 Å². The molecule has 8 nitrogen and oxygen atoms in total. The van der Waals surface area contributed by atoms with Crippen molar-refractivity contribution in [3.05, 3.63) is 65.2 Å². The highest BCUT2D eigenvalue weighted by Gasteiger charge is 2.32. The van der Waals surface area contributed by atoms with Crippen LogP contribution in [0.2, 0.25) is 0 Å². The molecule has 1 heterocycles. The van der Waals surface area contributed by atoms with Crippen molar-refractivity contribution in [2.75, 3.05) is 0 Å². The minimum atomic E-state index is -4.71. The van der Waals surface area contributed by atoms with E-state index in [1.165, 1.54) is 68.5 Å². The third-order valence-corrected chi connectivity index (χ3v) is 8.35. The van der Waals surface area contributed by atoms with Gasteiger partial charge in [-0.3, -0.25) is 9.69 Å². The number of benzene rings is 2. The first-order valence-corrected chi connectivity index (χ1v) is 14.1. The Labute approximate surface area is 232 Å². The second-order valence-electron chi connectivity index (χ2n) is 11.0. The molecule has 0 radical (unpaired) electrons. The Balaban J connectivity index is 1.25. The van der Waals surface area contributed by atoms with Crippen molar-refractivity contribution >= 4 is 12.2 Å². The fourth-order valence-corrected chi connectivity index (χ4v) is 6.31. The molecule has 216 valence electrons. The average molecular weight is 559 g/mol. The number of hydrogen-bond acceptors (Lipinski definition) is 7. The van der Waals surface area contributed by atoms with Crippen molar-refractivity contribution in [3.8, 4) is 5.75 Å². The van der Waals surface area contributed by atoms with Crippen molar-refractivity contribution in [3.63, 3.8) is 0 Å². The summed E-state index contributed by atoms with van der Waals surface area (Å²) in [5.41, 5.74) is 10.4. The zero-order valence-corrected chi connectivity index (χ0v) is 22.5. The van der Waals surface area contributed by atoms with Gasteiger partial charge in [-0.25, -0.2) is 11.0 Å². The maximum Gasteiger partial charge on any atom is 0.573 e. The third kappa shape index (κ3) is 7.88. The van der Waals surface area contributed by atoms with Gasteiger partial charge in [-0.1, -0.05) is 56.4 Å². The van der Waals surface area contributed by atoms with Crippen LogP contribution in [0.4, 0.5) is 13.2 Å².